The van der Waals surface area contributed by atoms with Gasteiger partial charge in [-0.15, -0.1) is 11.3 Å². The number of hydrogen-bond donors (Lipinski definition) is 1. The fourth-order valence-electron chi connectivity index (χ4n) is 2.20. The summed E-state index contributed by atoms with van der Waals surface area (Å²) in [7, 11) is 0. The molecule has 1 aromatic heterocycles. The molecule has 26 heavy (non-hydrogen) atoms. The molecule has 3 aromatic rings. The molecule has 1 heterocycles. The van der Waals surface area contributed by atoms with Crippen molar-refractivity contribution in [3.8, 4) is 17.3 Å². The van der Waals surface area contributed by atoms with Crippen LogP contribution in [0.5, 0.6) is 0 Å². The van der Waals surface area contributed by atoms with Gasteiger partial charge >= 0.3 is 0 Å². The van der Waals surface area contributed by atoms with Crippen LogP contribution in [0.25, 0.3) is 16.8 Å². The fraction of sp³-hybridized carbons (Fsp3) is 0. The number of thiazole rings is 1. The van der Waals surface area contributed by atoms with E-state index >= 15 is 0 Å². The summed E-state index contributed by atoms with van der Waals surface area (Å²) in [6, 6.07) is 16.0. The first-order chi connectivity index (χ1) is 12.6. The van der Waals surface area contributed by atoms with Gasteiger partial charge in [-0.25, -0.2) is 4.98 Å². The Kier molecular flexibility index (Phi) is 5.41. The number of aromatic nitrogens is 1. The van der Waals surface area contributed by atoms with Crippen molar-refractivity contribution in [1.82, 2.24) is 4.98 Å². The summed E-state index contributed by atoms with van der Waals surface area (Å²) in [6.45, 7) is 0. The van der Waals surface area contributed by atoms with Crippen molar-refractivity contribution in [2.75, 3.05) is 5.32 Å². The van der Waals surface area contributed by atoms with Gasteiger partial charge in [0.15, 0.2) is 0 Å². The second kappa shape index (κ2) is 7.91. The molecule has 8 heteroatoms. The Labute approximate surface area is 161 Å². The molecule has 0 bridgehead atoms. The maximum absolute atomic E-state index is 11.1. The molecule has 3 rings (SSSR count). The third kappa shape index (κ3) is 3.96. The third-order valence-corrected chi connectivity index (χ3v) is 4.87. The highest BCUT2D eigenvalue weighted by molar-refractivity contribution is 9.10. The molecular weight excluding hydrogens is 416 g/mol. The molecule has 0 aliphatic heterocycles. The van der Waals surface area contributed by atoms with E-state index in [0.29, 0.717) is 16.3 Å². The van der Waals surface area contributed by atoms with Gasteiger partial charge in [0.2, 0.25) is 0 Å². The lowest BCUT2D eigenvalue weighted by atomic mass is 10.2. The fourth-order valence-corrected chi connectivity index (χ4v) is 3.26. The topological polar surface area (TPSA) is 91.8 Å². The predicted octanol–water partition coefficient (Wildman–Crippen LogP) is 5.46. The zero-order chi connectivity index (χ0) is 18.5. The highest BCUT2D eigenvalue weighted by Gasteiger charge is 2.13. The minimum atomic E-state index is -0.475. The Balaban J connectivity index is 1.86. The van der Waals surface area contributed by atoms with Gasteiger partial charge < -0.3 is 5.32 Å². The van der Waals surface area contributed by atoms with Crippen molar-refractivity contribution in [2.45, 2.75) is 0 Å². The molecule has 0 atom stereocenters. The Morgan fingerprint density at radius 3 is 2.69 bits per heavy atom. The lowest BCUT2D eigenvalue weighted by Crippen LogP contribution is -1.96. The summed E-state index contributed by atoms with van der Waals surface area (Å²) in [5, 5.41) is 25.7. The van der Waals surface area contributed by atoms with Crippen molar-refractivity contribution in [3.05, 3.63) is 79.7 Å². The van der Waals surface area contributed by atoms with Crippen LogP contribution in [0, 0.1) is 21.4 Å². The van der Waals surface area contributed by atoms with E-state index in [1.54, 1.807) is 18.2 Å². The summed E-state index contributed by atoms with van der Waals surface area (Å²) in [5.41, 5.74) is 2.27. The minimum Gasteiger partial charge on any atom is -0.355 e. The Morgan fingerprint density at radius 2 is 2.00 bits per heavy atom. The molecule has 0 aliphatic rings. The van der Waals surface area contributed by atoms with Gasteiger partial charge in [0.05, 0.1) is 10.6 Å². The van der Waals surface area contributed by atoms with Crippen molar-refractivity contribution >= 4 is 44.2 Å². The van der Waals surface area contributed by atoms with E-state index in [4.69, 9.17) is 0 Å². The van der Waals surface area contributed by atoms with Gasteiger partial charge in [0, 0.05) is 27.7 Å². The third-order valence-electron chi connectivity index (χ3n) is 3.47. The van der Waals surface area contributed by atoms with E-state index < -0.39 is 4.92 Å². The molecule has 0 radical (unpaired) electrons. The van der Waals surface area contributed by atoms with E-state index in [9.17, 15) is 15.4 Å². The summed E-state index contributed by atoms with van der Waals surface area (Å²) < 4.78 is 0.975. The van der Waals surface area contributed by atoms with Crippen molar-refractivity contribution < 1.29 is 4.92 Å². The maximum Gasteiger partial charge on any atom is 0.292 e. The molecule has 0 spiro atoms. The smallest absolute Gasteiger partial charge is 0.292 e. The number of nitro groups is 1. The van der Waals surface area contributed by atoms with Crippen molar-refractivity contribution in [1.29, 1.82) is 5.26 Å². The molecule has 0 saturated carbocycles. The molecule has 6 nitrogen and oxygen atoms in total. The summed E-state index contributed by atoms with van der Waals surface area (Å²) in [6.07, 6.45) is 1.44. The average molecular weight is 427 g/mol. The Hall–Kier alpha value is -3.02. The van der Waals surface area contributed by atoms with Crippen LogP contribution >= 0.6 is 27.3 Å². The summed E-state index contributed by atoms with van der Waals surface area (Å²) in [5.74, 6) is 0. The number of hydrogen-bond acceptors (Lipinski definition) is 6. The highest BCUT2D eigenvalue weighted by Crippen LogP contribution is 2.28. The molecule has 128 valence electrons. The van der Waals surface area contributed by atoms with Crippen molar-refractivity contribution in [3.63, 3.8) is 0 Å². The minimum absolute atomic E-state index is 0.0595. The lowest BCUT2D eigenvalue weighted by Gasteiger charge is -2.02. The first-order valence-electron chi connectivity index (χ1n) is 7.40. The zero-order valence-electron chi connectivity index (χ0n) is 13.2. The van der Waals surface area contributed by atoms with Crippen LogP contribution in [0.1, 0.15) is 5.01 Å². The number of halogens is 1. The van der Waals surface area contributed by atoms with Crippen LogP contribution in [0.4, 0.5) is 11.4 Å². The molecule has 0 fully saturated rings. The van der Waals surface area contributed by atoms with E-state index in [2.05, 4.69) is 32.3 Å². The lowest BCUT2D eigenvalue weighted by molar-refractivity contribution is -0.383. The predicted molar refractivity (Wildman–Crippen MR) is 106 cm³/mol. The molecule has 0 unspecified atom stereocenters. The summed E-state index contributed by atoms with van der Waals surface area (Å²) >= 11 is 4.73. The largest absolute Gasteiger partial charge is 0.355 e. The van der Waals surface area contributed by atoms with Crippen LogP contribution in [-0.2, 0) is 0 Å². The number of nitrogens with zero attached hydrogens (tertiary/aromatic N) is 3. The maximum atomic E-state index is 11.1. The number of nitrogens with one attached hydrogen (secondary N) is 1. The Morgan fingerprint density at radius 1 is 1.27 bits per heavy atom. The number of para-hydroxylation sites is 2. The molecular formula is C18H11BrN4O2S. The van der Waals surface area contributed by atoms with E-state index in [1.165, 1.54) is 23.6 Å². The summed E-state index contributed by atoms with van der Waals surface area (Å²) in [4.78, 5) is 15.1. The number of rotatable bonds is 5. The first-order valence-corrected chi connectivity index (χ1v) is 9.08. The van der Waals surface area contributed by atoms with Crippen LogP contribution in [0.3, 0.4) is 0 Å². The standard InChI is InChI=1S/C18H11BrN4O2S/c19-14-7-5-12(6-8-14)16-11-26-18(22-16)13(9-20)10-21-15-3-1-2-4-17(15)23(24)25/h1-8,10-11,21H/b13-10-. The number of anilines is 1. The second-order valence-corrected chi connectivity index (χ2v) is 6.91. The van der Waals surface area contributed by atoms with Gasteiger partial charge in [-0.2, -0.15) is 5.26 Å². The first kappa shape index (κ1) is 17.8. The number of benzene rings is 2. The van der Waals surface area contributed by atoms with Crippen LogP contribution < -0.4 is 5.32 Å². The van der Waals surface area contributed by atoms with Crippen LogP contribution in [0.15, 0.2) is 64.6 Å². The number of allylic oxidation sites excluding steroid dienone is 1. The highest BCUT2D eigenvalue weighted by atomic mass is 79.9. The molecule has 0 aliphatic carbocycles. The quantitative estimate of drug-likeness (QED) is 0.332. The van der Waals surface area contributed by atoms with E-state index in [0.717, 1.165) is 15.7 Å². The van der Waals surface area contributed by atoms with Crippen LogP contribution in [0.2, 0.25) is 0 Å². The van der Waals surface area contributed by atoms with Gasteiger partial charge in [-0.1, -0.05) is 40.2 Å². The average Bonchev–Trinajstić information content (AvgIpc) is 3.13. The SMILES string of the molecule is N#C/C(=C/Nc1ccccc1[N+](=O)[O-])c1nc(-c2ccc(Br)cc2)cs1. The van der Waals surface area contributed by atoms with E-state index in [-0.39, 0.29) is 5.69 Å². The monoisotopic (exact) mass is 426 g/mol. The van der Waals surface area contributed by atoms with Gasteiger partial charge in [0.25, 0.3) is 5.69 Å². The molecule has 1 N–H and O–H groups in total. The normalized spacial score (nSPS) is 11.0. The van der Waals surface area contributed by atoms with Gasteiger partial charge in [0.1, 0.15) is 22.3 Å². The van der Waals surface area contributed by atoms with E-state index in [1.807, 2.05) is 29.6 Å². The molecule has 2 aromatic carbocycles. The molecule has 0 saturated heterocycles. The number of nitriles is 1. The van der Waals surface area contributed by atoms with Crippen molar-refractivity contribution in [2.24, 2.45) is 0 Å². The zero-order valence-corrected chi connectivity index (χ0v) is 15.6. The Bertz CT molecular complexity index is 1020. The van der Waals surface area contributed by atoms with Gasteiger partial charge in [-0.05, 0) is 18.2 Å². The van der Waals surface area contributed by atoms with Gasteiger partial charge in [-0.3, -0.25) is 10.1 Å². The number of nitro benzene ring substituents is 1. The second-order valence-electron chi connectivity index (χ2n) is 5.13. The van der Waals surface area contributed by atoms with Crippen LogP contribution in [-0.4, -0.2) is 9.91 Å². The molecule has 0 amide bonds.